The lowest BCUT2D eigenvalue weighted by Gasteiger charge is -2.45. The second-order valence-corrected chi connectivity index (χ2v) is 11.1. The van der Waals surface area contributed by atoms with E-state index in [9.17, 15) is 8.78 Å². The van der Waals surface area contributed by atoms with E-state index in [2.05, 4.69) is 0 Å². The Morgan fingerprint density at radius 3 is 1.77 bits per heavy atom. The molecule has 0 aromatic heterocycles. The highest BCUT2D eigenvalue weighted by Gasteiger charge is 2.55. The number of amidine groups is 1. The van der Waals surface area contributed by atoms with Gasteiger partial charge in [-0.3, -0.25) is 4.99 Å². The number of halogens is 2. The van der Waals surface area contributed by atoms with Gasteiger partial charge in [-0.15, -0.1) is 0 Å². The Balaban J connectivity index is 1.46. The third kappa shape index (κ3) is 7.08. The predicted molar refractivity (Wildman–Crippen MR) is 152 cm³/mol. The van der Waals surface area contributed by atoms with E-state index < -0.39 is 42.3 Å². The van der Waals surface area contributed by atoms with Crippen molar-refractivity contribution in [3.8, 4) is 0 Å². The standard InChI is InChI=1S/C31H34F2N2O4S/c1-35(2)31-34-24-25(36-18-21-12-6-3-7-13-21)26(37-19-22-14-8-4-9-15-22)27(39-30(24)40-31)28(29(32)33)38-20-23-16-10-5-11-17-23/h3-17,24-30H,18-20H2,1-2H3. The normalized spacial score (nSPS) is 24.9. The van der Waals surface area contributed by atoms with Crippen LogP contribution in [0.5, 0.6) is 0 Å². The lowest BCUT2D eigenvalue weighted by atomic mass is 9.94. The molecular formula is C31H34F2N2O4S. The van der Waals surface area contributed by atoms with Crippen LogP contribution in [0.15, 0.2) is 96.0 Å². The summed E-state index contributed by atoms with van der Waals surface area (Å²) in [6.07, 6.45) is -6.92. The smallest absolute Gasteiger partial charge is 0.267 e. The Kier molecular flexibility index (Phi) is 9.83. The Hall–Kier alpha value is -2.82. The first kappa shape index (κ1) is 28.7. The molecule has 0 aliphatic carbocycles. The number of rotatable bonds is 11. The SMILES string of the molecule is CN(C)C1=NC2C(OC(C(OCc3ccccc3)C(F)F)C(OCc3ccccc3)C2OCc2ccccc2)S1. The van der Waals surface area contributed by atoms with Crippen LogP contribution in [0.4, 0.5) is 8.78 Å². The fourth-order valence-electron chi connectivity index (χ4n) is 4.82. The second kappa shape index (κ2) is 13.7. The summed E-state index contributed by atoms with van der Waals surface area (Å²) >= 11 is 1.41. The number of aliphatic imine (C=N–C) groups is 1. The molecule has 0 spiro atoms. The molecule has 6 unspecified atom stereocenters. The van der Waals surface area contributed by atoms with E-state index in [0.29, 0.717) is 0 Å². The van der Waals surface area contributed by atoms with Crippen LogP contribution < -0.4 is 0 Å². The molecule has 0 radical (unpaired) electrons. The summed E-state index contributed by atoms with van der Waals surface area (Å²) in [7, 11) is 3.80. The molecule has 212 valence electrons. The van der Waals surface area contributed by atoms with Crippen LogP contribution in [0.2, 0.25) is 0 Å². The zero-order valence-corrected chi connectivity index (χ0v) is 23.3. The number of alkyl halides is 2. The molecule has 2 heterocycles. The van der Waals surface area contributed by atoms with Crippen LogP contribution in [0.1, 0.15) is 16.7 Å². The highest BCUT2D eigenvalue weighted by molar-refractivity contribution is 8.14. The van der Waals surface area contributed by atoms with Crippen molar-refractivity contribution in [1.82, 2.24) is 4.90 Å². The summed E-state index contributed by atoms with van der Waals surface area (Å²) in [6, 6.07) is 28.2. The molecule has 9 heteroatoms. The molecule has 0 amide bonds. The first-order valence-corrected chi connectivity index (χ1v) is 14.2. The van der Waals surface area contributed by atoms with Gasteiger partial charge in [0.15, 0.2) is 5.17 Å². The lowest BCUT2D eigenvalue weighted by Crippen LogP contribution is -2.61. The van der Waals surface area contributed by atoms with E-state index in [1.807, 2.05) is 110 Å². The first-order chi connectivity index (χ1) is 19.5. The Morgan fingerprint density at radius 2 is 1.27 bits per heavy atom. The maximum Gasteiger partial charge on any atom is 0.267 e. The molecule has 0 N–H and O–H groups in total. The number of benzene rings is 3. The van der Waals surface area contributed by atoms with Crippen molar-refractivity contribution in [2.24, 2.45) is 4.99 Å². The van der Waals surface area contributed by atoms with Gasteiger partial charge in [0, 0.05) is 14.1 Å². The molecule has 2 aliphatic heterocycles. The van der Waals surface area contributed by atoms with Gasteiger partial charge >= 0.3 is 0 Å². The zero-order chi connectivity index (χ0) is 27.9. The monoisotopic (exact) mass is 568 g/mol. The van der Waals surface area contributed by atoms with Gasteiger partial charge in [-0.25, -0.2) is 8.78 Å². The zero-order valence-electron chi connectivity index (χ0n) is 22.5. The number of ether oxygens (including phenoxy) is 4. The summed E-state index contributed by atoms with van der Waals surface area (Å²) in [5.74, 6) is 0. The van der Waals surface area contributed by atoms with Crippen molar-refractivity contribution in [2.45, 2.75) is 62.1 Å². The van der Waals surface area contributed by atoms with Gasteiger partial charge in [0.2, 0.25) is 0 Å². The lowest BCUT2D eigenvalue weighted by molar-refractivity contribution is -0.244. The van der Waals surface area contributed by atoms with Gasteiger partial charge in [0.25, 0.3) is 6.43 Å². The highest BCUT2D eigenvalue weighted by atomic mass is 32.2. The molecule has 6 nitrogen and oxygen atoms in total. The largest absolute Gasteiger partial charge is 0.368 e. The first-order valence-electron chi connectivity index (χ1n) is 13.3. The minimum atomic E-state index is -2.80. The van der Waals surface area contributed by atoms with Crippen molar-refractivity contribution in [3.63, 3.8) is 0 Å². The molecule has 5 rings (SSSR count). The maximum atomic E-state index is 14.7. The third-order valence-corrected chi connectivity index (χ3v) is 8.15. The predicted octanol–water partition coefficient (Wildman–Crippen LogP) is 5.77. The fourth-order valence-corrected chi connectivity index (χ4v) is 5.96. The van der Waals surface area contributed by atoms with Crippen molar-refractivity contribution < 1.29 is 27.7 Å². The summed E-state index contributed by atoms with van der Waals surface area (Å²) in [5.41, 5.74) is 2.18. The van der Waals surface area contributed by atoms with E-state index in [0.717, 1.165) is 21.9 Å². The minimum absolute atomic E-state index is 0.0251. The molecule has 1 saturated heterocycles. The van der Waals surface area contributed by atoms with E-state index in [1.54, 1.807) is 0 Å². The molecular weight excluding hydrogens is 534 g/mol. The summed E-state index contributed by atoms with van der Waals surface area (Å²) < 4.78 is 54.6. The van der Waals surface area contributed by atoms with E-state index in [4.69, 9.17) is 23.9 Å². The van der Waals surface area contributed by atoms with Gasteiger partial charge in [0.05, 0.1) is 19.8 Å². The molecule has 0 saturated carbocycles. The number of hydrogen-bond acceptors (Lipinski definition) is 7. The van der Waals surface area contributed by atoms with Crippen molar-refractivity contribution in [3.05, 3.63) is 108 Å². The molecule has 2 aliphatic rings. The molecule has 1 fully saturated rings. The van der Waals surface area contributed by atoms with Crippen LogP contribution in [0.25, 0.3) is 0 Å². The van der Waals surface area contributed by atoms with Gasteiger partial charge in [-0.2, -0.15) is 0 Å². The molecule has 3 aromatic rings. The van der Waals surface area contributed by atoms with E-state index in [-0.39, 0.29) is 19.8 Å². The average Bonchev–Trinajstić information content (AvgIpc) is 3.41. The quantitative estimate of drug-likeness (QED) is 0.293. The maximum absolute atomic E-state index is 14.7. The third-order valence-electron chi connectivity index (χ3n) is 6.85. The topological polar surface area (TPSA) is 52.5 Å². The Morgan fingerprint density at radius 1 is 0.775 bits per heavy atom. The van der Waals surface area contributed by atoms with Gasteiger partial charge in [-0.05, 0) is 16.7 Å². The summed E-state index contributed by atoms with van der Waals surface area (Å²) in [5, 5.41) is 0.754. The van der Waals surface area contributed by atoms with Crippen molar-refractivity contribution in [1.29, 1.82) is 0 Å². The number of nitrogens with zero attached hydrogens (tertiary/aromatic N) is 2. The van der Waals surface area contributed by atoms with Crippen LogP contribution in [0, 0.1) is 0 Å². The summed E-state index contributed by atoms with van der Waals surface area (Å²) in [4.78, 5) is 6.78. The number of thioether (sulfide) groups is 1. The van der Waals surface area contributed by atoms with Crippen LogP contribution in [-0.4, -0.2) is 66.5 Å². The summed E-state index contributed by atoms with van der Waals surface area (Å²) in [6.45, 7) is 0.520. The van der Waals surface area contributed by atoms with Gasteiger partial charge in [-0.1, -0.05) is 103 Å². The van der Waals surface area contributed by atoms with E-state index >= 15 is 0 Å². The highest BCUT2D eigenvalue weighted by Crippen LogP contribution is 2.41. The minimum Gasteiger partial charge on any atom is -0.368 e. The molecule has 0 bridgehead atoms. The fraction of sp³-hybridized carbons (Fsp3) is 0.387. The van der Waals surface area contributed by atoms with Crippen LogP contribution >= 0.6 is 11.8 Å². The average molecular weight is 569 g/mol. The van der Waals surface area contributed by atoms with Crippen LogP contribution in [0.3, 0.4) is 0 Å². The molecule has 40 heavy (non-hydrogen) atoms. The van der Waals surface area contributed by atoms with E-state index in [1.165, 1.54) is 11.8 Å². The Labute approximate surface area is 238 Å². The molecule has 6 atom stereocenters. The van der Waals surface area contributed by atoms with Crippen LogP contribution in [-0.2, 0) is 38.8 Å². The number of fused-ring (bicyclic) bond motifs is 1. The Bertz CT molecular complexity index is 1220. The van der Waals surface area contributed by atoms with Crippen molar-refractivity contribution >= 4 is 16.9 Å². The second-order valence-electron chi connectivity index (χ2n) is 10.0. The van der Waals surface area contributed by atoms with Gasteiger partial charge < -0.3 is 23.8 Å². The van der Waals surface area contributed by atoms with Crippen molar-refractivity contribution in [2.75, 3.05) is 14.1 Å². The number of hydrogen-bond donors (Lipinski definition) is 0. The molecule has 3 aromatic carbocycles. The van der Waals surface area contributed by atoms with Gasteiger partial charge in [0.1, 0.15) is 35.9 Å².